The Morgan fingerprint density at radius 2 is 1.77 bits per heavy atom. The van der Waals surface area contributed by atoms with Gasteiger partial charge in [0.25, 0.3) is 5.91 Å². The number of aromatic nitrogens is 2. The first kappa shape index (κ1) is 17.9. The molecule has 0 unspecified atom stereocenters. The van der Waals surface area contributed by atoms with E-state index in [-0.39, 0.29) is 11.7 Å². The molecule has 3 rings (SSSR count). The Hall–Kier alpha value is -2.95. The molecule has 26 heavy (non-hydrogen) atoms. The summed E-state index contributed by atoms with van der Waals surface area (Å²) in [4.78, 5) is 12.7. The third kappa shape index (κ3) is 3.67. The average Bonchev–Trinajstić information content (AvgIpc) is 2.86. The average molecular weight is 351 g/mol. The number of carbonyl (C=O) groups is 1. The van der Waals surface area contributed by atoms with Crippen LogP contribution >= 0.6 is 0 Å². The standard InChI is InChI=1S/C21H22FN3O/c1-13-5-6-14(2)19(11-13)21(26)23-20-15(3)24-25(16(20)4)12-17-7-9-18(22)10-8-17/h5-11H,12H2,1-4H3,(H,23,26). The predicted octanol–water partition coefficient (Wildman–Crippen LogP) is 4.56. The summed E-state index contributed by atoms with van der Waals surface area (Å²) in [5.41, 5.74) is 5.93. The Morgan fingerprint density at radius 3 is 2.46 bits per heavy atom. The summed E-state index contributed by atoms with van der Waals surface area (Å²) in [5.74, 6) is -0.401. The van der Waals surface area contributed by atoms with Crippen molar-refractivity contribution in [3.63, 3.8) is 0 Å². The Bertz CT molecular complexity index is 958. The summed E-state index contributed by atoms with van der Waals surface area (Å²) in [6, 6.07) is 12.2. The molecule has 0 saturated heterocycles. The van der Waals surface area contributed by atoms with Gasteiger partial charge in [0.1, 0.15) is 5.82 Å². The Kier molecular flexibility index (Phi) is 4.89. The molecule has 5 heteroatoms. The van der Waals surface area contributed by atoms with Crippen LogP contribution in [0.15, 0.2) is 42.5 Å². The van der Waals surface area contributed by atoms with Crippen LogP contribution < -0.4 is 5.32 Å². The second-order valence-corrected chi connectivity index (χ2v) is 6.60. The number of carbonyl (C=O) groups excluding carboxylic acids is 1. The lowest BCUT2D eigenvalue weighted by atomic mass is 10.0. The van der Waals surface area contributed by atoms with E-state index in [1.165, 1.54) is 12.1 Å². The number of aryl methyl sites for hydroxylation is 3. The zero-order chi connectivity index (χ0) is 18.8. The van der Waals surface area contributed by atoms with Crippen molar-refractivity contribution < 1.29 is 9.18 Å². The van der Waals surface area contributed by atoms with E-state index in [1.807, 2.05) is 50.6 Å². The van der Waals surface area contributed by atoms with Crippen molar-refractivity contribution >= 4 is 11.6 Å². The number of anilines is 1. The number of benzene rings is 2. The molecule has 2 aromatic carbocycles. The molecule has 0 radical (unpaired) electrons. The Labute approximate surface area is 152 Å². The monoisotopic (exact) mass is 351 g/mol. The number of hydrogen-bond donors (Lipinski definition) is 1. The Balaban J connectivity index is 1.84. The molecule has 0 spiro atoms. The minimum absolute atomic E-state index is 0.140. The summed E-state index contributed by atoms with van der Waals surface area (Å²) in [7, 11) is 0. The molecule has 0 saturated carbocycles. The molecule has 0 aliphatic rings. The van der Waals surface area contributed by atoms with Crippen LogP contribution in [0.3, 0.4) is 0 Å². The van der Waals surface area contributed by atoms with Crippen molar-refractivity contribution in [2.45, 2.75) is 34.2 Å². The molecule has 0 atom stereocenters. The van der Waals surface area contributed by atoms with Gasteiger partial charge in [0, 0.05) is 5.56 Å². The second-order valence-electron chi connectivity index (χ2n) is 6.60. The van der Waals surface area contributed by atoms with Gasteiger partial charge in [-0.15, -0.1) is 0 Å². The molecule has 0 aliphatic heterocycles. The molecular formula is C21H22FN3O. The smallest absolute Gasteiger partial charge is 0.256 e. The van der Waals surface area contributed by atoms with E-state index < -0.39 is 0 Å². The highest BCUT2D eigenvalue weighted by Gasteiger charge is 2.16. The molecule has 3 aromatic rings. The molecule has 0 fully saturated rings. The van der Waals surface area contributed by atoms with Gasteiger partial charge in [0.15, 0.2) is 0 Å². The highest BCUT2D eigenvalue weighted by atomic mass is 19.1. The molecule has 1 amide bonds. The Morgan fingerprint density at radius 1 is 1.08 bits per heavy atom. The number of amides is 1. The fourth-order valence-corrected chi connectivity index (χ4v) is 2.96. The van der Waals surface area contributed by atoms with Crippen molar-refractivity contribution in [3.8, 4) is 0 Å². The van der Waals surface area contributed by atoms with E-state index in [4.69, 9.17) is 0 Å². The van der Waals surface area contributed by atoms with Crippen LogP contribution in [-0.2, 0) is 6.54 Å². The zero-order valence-electron chi connectivity index (χ0n) is 15.4. The number of nitrogens with one attached hydrogen (secondary N) is 1. The third-order valence-corrected chi connectivity index (χ3v) is 4.50. The van der Waals surface area contributed by atoms with Crippen molar-refractivity contribution in [2.75, 3.05) is 5.32 Å². The highest BCUT2D eigenvalue weighted by molar-refractivity contribution is 6.06. The lowest BCUT2D eigenvalue weighted by Crippen LogP contribution is -2.15. The SMILES string of the molecule is Cc1ccc(C)c(C(=O)Nc2c(C)nn(Cc3ccc(F)cc3)c2C)c1. The normalized spacial score (nSPS) is 10.8. The highest BCUT2D eigenvalue weighted by Crippen LogP contribution is 2.22. The van der Waals surface area contributed by atoms with Gasteiger partial charge >= 0.3 is 0 Å². The van der Waals surface area contributed by atoms with Crippen molar-refractivity contribution in [1.29, 1.82) is 0 Å². The molecule has 134 valence electrons. The van der Waals surface area contributed by atoms with E-state index in [1.54, 1.807) is 12.1 Å². The quantitative estimate of drug-likeness (QED) is 0.749. The van der Waals surface area contributed by atoms with Crippen LogP contribution in [0.25, 0.3) is 0 Å². The maximum Gasteiger partial charge on any atom is 0.256 e. The molecule has 1 N–H and O–H groups in total. The van der Waals surface area contributed by atoms with E-state index >= 15 is 0 Å². The molecular weight excluding hydrogens is 329 g/mol. The van der Waals surface area contributed by atoms with Crippen molar-refractivity contribution in [3.05, 3.63) is 81.9 Å². The molecule has 0 bridgehead atoms. The lowest BCUT2D eigenvalue weighted by Gasteiger charge is -2.10. The van der Waals surface area contributed by atoms with E-state index in [9.17, 15) is 9.18 Å². The van der Waals surface area contributed by atoms with Crippen molar-refractivity contribution in [2.24, 2.45) is 0 Å². The molecule has 1 aromatic heterocycles. The van der Waals surface area contributed by atoms with Gasteiger partial charge in [0.05, 0.1) is 23.6 Å². The fraction of sp³-hybridized carbons (Fsp3) is 0.238. The minimum atomic E-state index is -0.261. The predicted molar refractivity (Wildman–Crippen MR) is 101 cm³/mol. The molecule has 4 nitrogen and oxygen atoms in total. The van der Waals surface area contributed by atoms with Gasteiger partial charge in [-0.2, -0.15) is 5.10 Å². The number of halogens is 1. The lowest BCUT2D eigenvalue weighted by molar-refractivity contribution is 0.102. The summed E-state index contributed by atoms with van der Waals surface area (Å²) in [6.07, 6.45) is 0. The van der Waals surface area contributed by atoms with Gasteiger partial charge in [-0.3, -0.25) is 9.48 Å². The van der Waals surface area contributed by atoms with Crippen LogP contribution in [-0.4, -0.2) is 15.7 Å². The van der Waals surface area contributed by atoms with Crippen LogP contribution in [0, 0.1) is 33.5 Å². The number of rotatable bonds is 4. The third-order valence-electron chi connectivity index (χ3n) is 4.50. The van der Waals surface area contributed by atoms with Crippen LogP contribution in [0.1, 0.15) is 38.4 Å². The van der Waals surface area contributed by atoms with E-state index in [2.05, 4.69) is 10.4 Å². The van der Waals surface area contributed by atoms with Gasteiger partial charge in [-0.05, 0) is 57.0 Å². The number of nitrogens with zero attached hydrogens (tertiary/aromatic N) is 2. The van der Waals surface area contributed by atoms with E-state index in [0.29, 0.717) is 12.1 Å². The van der Waals surface area contributed by atoms with Crippen molar-refractivity contribution in [1.82, 2.24) is 9.78 Å². The summed E-state index contributed by atoms with van der Waals surface area (Å²) >= 11 is 0. The topological polar surface area (TPSA) is 46.9 Å². The maximum atomic E-state index is 13.1. The second kappa shape index (κ2) is 7.12. The van der Waals surface area contributed by atoms with Gasteiger partial charge in [-0.1, -0.05) is 29.8 Å². The van der Waals surface area contributed by atoms with Gasteiger partial charge < -0.3 is 5.32 Å². The first-order chi connectivity index (χ1) is 12.3. The molecule has 0 aliphatic carbocycles. The van der Waals surface area contributed by atoms with Crippen LogP contribution in [0.5, 0.6) is 0 Å². The van der Waals surface area contributed by atoms with Crippen LogP contribution in [0.2, 0.25) is 0 Å². The largest absolute Gasteiger partial charge is 0.319 e. The summed E-state index contributed by atoms with van der Waals surface area (Å²) < 4.78 is 14.9. The first-order valence-electron chi connectivity index (χ1n) is 8.52. The minimum Gasteiger partial charge on any atom is -0.319 e. The zero-order valence-corrected chi connectivity index (χ0v) is 15.4. The fourth-order valence-electron chi connectivity index (χ4n) is 2.96. The molecule has 1 heterocycles. The maximum absolute atomic E-state index is 13.1. The van der Waals surface area contributed by atoms with E-state index in [0.717, 1.165) is 33.8 Å². The van der Waals surface area contributed by atoms with Gasteiger partial charge in [0.2, 0.25) is 0 Å². The summed E-state index contributed by atoms with van der Waals surface area (Å²) in [6.45, 7) is 8.20. The van der Waals surface area contributed by atoms with Crippen LogP contribution in [0.4, 0.5) is 10.1 Å². The summed E-state index contributed by atoms with van der Waals surface area (Å²) in [5, 5.41) is 7.52. The first-order valence-corrected chi connectivity index (χ1v) is 8.52. The number of hydrogen-bond acceptors (Lipinski definition) is 2. The van der Waals surface area contributed by atoms with Gasteiger partial charge in [-0.25, -0.2) is 4.39 Å².